The van der Waals surface area contributed by atoms with Crippen molar-refractivity contribution in [2.75, 3.05) is 11.1 Å². The Kier molecular flexibility index (Phi) is 5.06. The molecule has 0 fully saturated rings. The standard InChI is InChI=1S/C12H18BrFN2/c1-3-4-5-8(2)16-12-7-10(14)9(13)6-11(12)15/h6-8,16H,3-5,15H2,1-2H3. The first kappa shape index (κ1) is 13.3. The van der Waals surface area contributed by atoms with Gasteiger partial charge < -0.3 is 11.1 Å². The zero-order valence-corrected chi connectivity index (χ0v) is 11.3. The maximum absolute atomic E-state index is 13.3. The van der Waals surface area contributed by atoms with E-state index in [9.17, 15) is 4.39 Å². The Morgan fingerprint density at radius 1 is 1.50 bits per heavy atom. The van der Waals surface area contributed by atoms with E-state index in [-0.39, 0.29) is 5.82 Å². The first-order chi connectivity index (χ1) is 7.54. The number of anilines is 2. The van der Waals surface area contributed by atoms with Crippen molar-refractivity contribution < 1.29 is 4.39 Å². The molecule has 1 rings (SSSR count). The fraction of sp³-hybridized carbons (Fsp3) is 0.500. The summed E-state index contributed by atoms with van der Waals surface area (Å²) in [5.41, 5.74) is 7.05. The first-order valence-electron chi connectivity index (χ1n) is 5.55. The number of hydrogen-bond acceptors (Lipinski definition) is 2. The fourth-order valence-corrected chi connectivity index (χ4v) is 1.90. The minimum Gasteiger partial charge on any atom is -0.397 e. The van der Waals surface area contributed by atoms with Crippen LogP contribution in [0.1, 0.15) is 33.1 Å². The molecule has 0 spiro atoms. The number of nitrogen functional groups attached to an aromatic ring is 1. The number of unbranched alkanes of at least 4 members (excludes halogenated alkanes) is 1. The lowest BCUT2D eigenvalue weighted by atomic mass is 10.1. The van der Waals surface area contributed by atoms with E-state index < -0.39 is 0 Å². The molecule has 16 heavy (non-hydrogen) atoms. The minimum atomic E-state index is -0.292. The van der Waals surface area contributed by atoms with Gasteiger partial charge >= 0.3 is 0 Å². The van der Waals surface area contributed by atoms with Crippen LogP contribution in [0.2, 0.25) is 0 Å². The van der Waals surface area contributed by atoms with E-state index in [1.165, 1.54) is 6.07 Å². The van der Waals surface area contributed by atoms with Gasteiger partial charge in [0.1, 0.15) is 5.82 Å². The molecule has 0 saturated carbocycles. The lowest BCUT2D eigenvalue weighted by Crippen LogP contribution is -2.16. The van der Waals surface area contributed by atoms with Gasteiger partial charge in [-0.15, -0.1) is 0 Å². The minimum absolute atomic E-state index is 0.292. The predicted octanol–water partition coefficient (Wildman–Crippen LogP) is 4.16. The van der Waals surface area contributed by atoms with Crippen molar-refractivity contribution in [3.63, 3.8) is 0 Å². The summed E-state index contributed by atoms with van der Waals surface area (Å²) >= 11 is 3.11. The van der Waals surface area contributed by atoms with Crippen LogP contribution in [0, 0.1) is 5.82 Å². The van der Waals surface area contributed by atoms with E-state index in [0.717, 1.165) is 19.3 Å². The fourth-order valence-electron chi connectivity index (χ4n) is 1.54. The Labute approximate surface area is 105 Å². The van der Waals surface area contributed by atoms with Crippen LogP contribution in [0.3, 0.4) is 0 Å². The average Bonchev–Trinajstić information content (AvgIpc) is 2.23. The third-order valence-electron chi connectivity index (χ3n) is 2.49. The summed E-state index contributed by atoms with van der Waals surface area (Å²) in [5.74, 6) is -0.292. The van der Waals surface area contributed by atoms with Crippen molar-refractivity contribution >= 4 is 27.3 Å². The Balaban J connectivity index is 2.69. The molecule has 0 aliphatic rings. The van der Waals surface area contributed by atoms with Gasteiger partial charge in [0.15, 0.2) is 0 Å². The molecular formula is C12H18BrFN2. The van der Waals surface area contributed by atoms with Crippen LogP contribution >= 0.6 is 15.9 Å². The van der Waals surface area contributed by atoms with E-state index in [1.807, 2.05) is 0 Å². The summed E-state index contributed by atoms with van der Waals surface area (Å²) in [7, 11) is 0. The van der Waals surface area contributed by atoms with Crippen LogP contribution in [0.15, 0.2) is 16.6 Å². The summed E-state index contributed by atoms with van der Waals surface area (Å²) in [6.07, 6.45) is 3.39. The van der Waals surface area contributed by atoms with E-state index >= 15 is 0 Å². The molecule has 0 saturated heterocycles. The first-order valence-corrected chi connectivity index (χ1v) is 6.35. The predicted molar refractivity (Wildman–Crippen MR) is 71.1 cm³/mol. The zero-order valence-electron chi connectivity index (χ0n) is 9.69. The Hall–Kier alpha value is -0.770. The van der Waals surface area contributed by atoms with Crippen molar-refractivity contribution in [3.8, 4) is 0 Å². The number of halogens is 2. The molecule has 0 aromatic heterocycles. The third kappa shape index (κ3) is 3.67. The van der Waals surface area contributed by atoms with Crippen LogP contribution < -0.4 is 11.1 Å². The van der Waals surface area contributed by atoms with Crippen LogP contribution in [-0.4, -0.2) is 6.04 Å². The highest BCUT2D eigenvalue weighted by Crippen LogP contribution is 2.27. The summed E-state index contributed by atoms with van der Waals surface area (Å²) in [5, 5.41) is 3.23. The third-order valence-corrected chi connectivity index (χ3v) is 3.09. The van der Waals surface area contributed by atoms with E-state index in [0.29, 0.717) is 21.9 Å². The molecule has 0 radical (unpaired) electrons. The SMILES string of the molecule is CCCCC(C)Nc1cc(F)c(Br)cc1N. The number of hydrogen-bond donors (Lipinski definition) is 2. The van der Waals surface area contributed by atoms with Crippen molar-refractivity contribution in [2.45, 2.75) is 39.2 Å². The maximum Gasteiger partial charge on any atom is 0.139 e. The summed E-state index contributed by atoms with van der Waals surface area (Å²) in [6, 6.07) is 3.33. The second-order valence-corrected chi connectivity index (χ2v) is 4.90. The molecule has 1 unspecified atom stereocenters. The lowest BCUT2D eigenvalue weighted by molar-refractivity contribution is 0.619. The molecule has 3 N–H and O–H groups in total. The smallest absolute Gasteiger partial charge is 0.139 e. The van der Waals surface area contributed by atoms with Crippen molar-refractivity contribution in [2.24, 2.45) is 0 Å². The molecular weight excluding hydrogens is 271 g/mol. The second kappa shape index (κ2) is 6.09. The monoisotopic (exact) mass is 288 g/mol. The maximum atomic E-state index is 13.3. The van der Waals surface area contributed by atoms with Gasteiger partial charge in [0.05, 0.1) is 15.8 Å². The molecule has 1 atom stereocenters. The molecule has 0 aliphatic heterocycles. The van der Waals surface area contributed by atoms with Crippen molar-refractivity contribution in [1.29, 1.82) is 0 Å². The molecule has 1 aromatic carbocycles. The molecule has 0 heterocycles. The summed E-state index contributed by atoms with van der Waals surface area (Å²) in [6.45, 7) is 4.23. The quantitative estimate of drug-likeness (QED) is 0.799. The Bertz CT molecular complexity index is 355. The van der Waals surface area contributed by atoms with Gasteiger partial charge in [-0.05, 0) is 35.3 Å². The van der Waals surface area contributed by atoms with Gasteiger partial charge in [-0.3, -0.25) is 0 Å². The molecule has 90 valence electrons. The number of nitrogens with two attached hydrogens (primary N) is 1. The largest absolute Gasteiger partial charge is 0.397 e. The molecule has 0 bridgehead atoms. The molecule has 0 aliphatic carbocycles. The second-order valence-electron chi connectivity index (χ2n) is 4.04. The number of nitrogens with one attached hydrogen (secondary N) is 1. The van der Waals surface area contributed by atoms with Crippen molar-refractivity contribution in [1.82, 2.24) is 0 Å². The highest BCUT2D eigenvalue weighted by Gasteiger charge is 2.08. The van der Waals surface area contributed by atoms with E-state index in [2.05, 4.69) is 35.1 Å². The van der Waals surface area contributed by atoms with Gasteiger partial charge in [-0.25, -0.2) is 4.39 Å². The van der Waals surface area contributed by atoms with Gasteiger partial charge in [0, 0.05) is 12.1 Å². The molecule has 2 nitrogen and oxygen atoms in total. The molecule has 4 heteroatoms. The topological polar surface area (TPSA) is 38.0 Å². The van der Waals surface area contributed by atoms with E-state index in [1.54, 1.807) is 6.07 Å². The van der Waals surface area contributed by atoms with Gasteiger partial charge in [-0.2, -0.15) is 0 Å². The Morgan fingerprint density at radius 3 is 2.81 bits per heavy atom. The van der Waals surface area contributed by atoms with Crippen molar-refractivity contribution in [3.05, 3.63) is 22.4 Å². The number of rotatable bonds is 5. The van der Waals surface area contributed by atoms with Gasteiger partial charge in [-0.1, -0.05) is 19.8 Å². The molecule has 0 amide bonds. The van der Waals surface area contributed by atoms with Crippen LogP contribution in [0.25, 0.3) is 0 Å². The Morgan fingerprint density at radius 2 is 2.19 bits per heavy atom. The normalized spacial score (nSPS) is 12.5. The highest BCUT2D eigenvalue weighted by molar-refractivity contribution is 9.10. The summed E-state index contributed by atoms with van der Waals surface area (Å²) < 4.78 is 13.7. The van der Waals surface area contributed by atoms with E-state index in [4.69, 9.17) is 5.73 Å². The van der Waals surface area contributed by atoms with Gasteiger partial charge in [0.25, 0.3) is 0 Å². The summed E-state index contributed by atoms with van der Waals surface area (Å²) in [4.78, 5) is 0. The van der Waals surface area contributed by atoms with Gasteiger partial charge in [0.2, 0.25) is 0 Å². The average molecular weight is 289 g/mol. The van der Waals surface area contributed by atoms with Crippen LogP contribution in [-0.2, 0) is 0 Å². The van der Waals surface area contributed by atoms with Crippen LogP contribution in [0.5, 0.6) is 0 Å². The lowest BCUT2D eigenvalue weighted by Gasteiger charge is -2.16. The number of benzene rings is 1. The highest BCUT2D eigenvalue weighted by atomic mass is 79.9. The molecule has 1 aromatic rings. The van der Waals surface area contributed by atoms with Crippen LogP contribution in [0.4, 0.5) is 15.8 Å². The zero-order chi connectivity index (χ0) is 12.1.